The van der Waals surface area contributed by atoms with Crippen molar-refractivity contribution in [1.29, 1.82) is 0 Å². The summed E-state index contributed by atoms with van der Waals surface area (Å²) in [5.41, 5.74) is -0.465. The van der Waals surface area contributed by atoms with Crippen LogP contribution in [0.5, 0.6) is 11.5 Å². The smallest absolute Gasteiger partial charge is 0.339 e. The molecule has 0 amide bonds. The van der Waals surface area contributed by atoms with Crippen molar-refractivity contribution < 1.29 is 24.5 Å². The summed E-state index contributed by atoms with van der Waals surface area (Å²) in [7, 11) is 1.34. The summed E-state index contributed by atoms with van der Waals surface area (Å²) in [6.45, 7) is 0. The summed E-state index contributed by atoms with van der Waals surface area (Å²) in [5.74, 6) is -1.65. The van der Waals surface area contributed by atoms with Gasteiger partial charge in [-0.1, -0.05) is 0 Å². The number of aldehydes is 1. The zero-order chi connectivity index (χ0) is 10.7. The Morgan fingerprint density at radius 1 is 1.50 bits per heavy atom. The van der Waals surface area contributed by atoms with Crippen LogP contribution < -0.4 is 4.74 Å². The molecule has 0 heterocycles. The molecular formula is C9H8O5. The van der Waals surface area contributed by atoms with E-state index in [4.69, 9.17) is 9.84 Å². The lowest BCUT2D eigenvalue weighted by molar-refractivity contribution is 0.0693. The quantitative estimate of drug-likeness (QED) is 0.702. The second-order valence-electron chi connectivity index (χ2n) is 2.54. The molecule has 0 fully saturated rings. The van der Waals surface area contributed by atoms with Crippen LogP contribution in [0.1, 0.15) is 20.7 Å². The van der Waals surface area contributed by atoms with Gasteiger partial charge in [-0.25, -0.2) is 4.79 Å². The molecule has 0 unspecified atom stereocenters. The number of aromatic hydroxyl groups is 1. The molecule has 74 valence electrons. The Bertz CT molecular complexity index is 383. The zero-order valence-electron chi connectivity index (χ0n) is 7.35. The van der Waals surface area contributed by atoms with Crippen LogP contribution in [0.4, 0.5) is 0 Å². The second kappa shape index (κ2) is 3.78. The average Bonchev–Trinajstić information content (AvgIpc) is 2.17. The van der Waals surface area contributed by atoms with E-state index in [-0.39, 0.29) is 16.9 Å². The van der Waals surface area contributed by atoms with Crippen molar-refractivity contribution in [1.82, 2.24) is 0 Å². The van der Waals surface area contributed by atoms with Crippen molar-refractivity contribution in [2.75, 3.05) is 7.11 Å². The maximum absolute atomic E-state index is 10.6. The molecule has 0 saturated heterocycles. The number of carboxylic acid groups (broad SMARTS) is 1. The summed E-state index contributed by atoms with van der Waals surface area (Å²) in [5, 5.41) is 18.0. The van der Waals surface area contributed by atoms with Crippen molar-refractivity contribution in [3.63, 3.8) is 0 Å². The van der Waals surface area contributed by atoms with Gasteiger partial charge in [-0.2, -0.15) is 0 Å². The molecule has 1 aromatic carbocycles. The highest BCUT2D eigenvalue weighted by atomic mass is 16.5. The Hall–Kier alpha value is -2.04. The third-order valence-corrected chi connectivity index (χ3v) is 1.71. The number of rotatable bonds is 3. The van der Waals surface area contributed by atoms with E-state index in [1.807, 2.05) is 0 Å². The molecule has 0 aliphatic rings. The SMILES string of the molecule is COc1cc(C=O)c(O)c(C(=O)O)c1. The van der Waals surface area contributed by atoms with E-state index in [1.54, 1.807) is 0 Å². The van der Waals surface area contributed by atoms with Crippen LogP contribution in [-0.2, 0) is 0 Å². The number of phenols is 1. The van der Waals surface area contributed by atoms with E-state index < -0.39 is 11.7 Å². The highest BCUT2D eigenvalue weighted by Crippen LogP contribution is 2.27. The molecule has 5 nitrogen and oxygen atoms in total. The van der Waals surface area contributed by atoms with E-state index in [2.05, 4.69) is 0 Å². The number of hydrogen-bond donors (Lipinski definition) is 2. The first-order valence-electron chi connectivity index (χ1n) is 3.69. The predicted molar refractivity (Wildman–Crippen MR) is 47.0 cm³/mol. The third-order valence-electron chi connectivity index (χ3n) is 1.71. The first-order chi connectivity index (χ1) is 6.60. The van der Waals surface area contributed by atoms with Crippen molar-refractivity contribution in [3.05, 3.63) is 23.3 Å². The summed E-state index contributed by atoms with van der Waals surface area (Å²) >= 11 is 0. The predicted octanol–water partition coefficient (Wildman–Crippen LogP) is 0.911. The van der Waals surface area contributed by atoms with Gasteiger partial charge in [0.05, 0.1) is 12.7 Å². The lowest BCUT2D eigenvalue weighted by Crippen LogP contribution is -2.00. The van der Waals surface area contributed by atoms with E-state index in [1.165, 1.54) is 13.2 Å². The number of carbonyl (C=O) groups is 2. The van der Waals surface area contributed by atoms with Crippen LogP contribution in [0.15, 0.2) is 12.1 Å². The summed E-state index contributed by atoms with van der Waals surface area (Å²) in [6, 6.07) is 2.40. The van der Waals surface area contributed by atoms with Gasteiger partial charge < -0.3 is 14.9 Å². The van der Waals surface area contributed by atoms with Crippen LogP contribution in [-0.4, -0.2) is 29.6 Å². The minimum Gasteiger partial charge on any atom is -0.506 e. The summed E-state index contributed by atoms with van der Waals surface area (Å²) in [6.07, 6.45) is 0.365. The number of aromatic carboxylic acids is 1. The Balaban J connectivity index is 3.41. The topological polar surface area (TPSA) is 83.8 Å². The van der Waals surface area contributed by atoms with Gasteiger partial charge in [0.2, 0.25) is 0 Å². The van der Waals surface area contributed by atoms with Crippen LogP contribution in [0, 0.1) is 0 Å². The number of ether oxygens (including phenoxy) is 1. The molecule has 2 N–H and O–H groups in total. The molecule has 0 atom stereocenters. The first-order valence-corrected chi connectivity index (χ1v) is 3.69. The monoisotopic (exact) mass is 196 g/mol. The molecule has 0 aliphatic carbocycles. The fraction of sp³-hybridized carbons (Fsp3) is 0.111. The van der Waals surface area contributed by atoms with Crippen molar-refractivity contribution in [3.8, 4) is 11.5 Å². The Labute approximate surface area is 79.6 Å². The first kappa shape index (κ1) is 10.0. The van der Waals surface area contributed by atoms with Gasteiger partial charge in [-0.3, -0.25) is 4.79 Å². The molecule has 0 saturated carbocycles. The lowest BCUT2D eigenvalue weighted by Gasteiger charge is -2.05. The lowest BCUT2D eigenvalue weighted by atomic mass is 10.1. The number of methoxy groups -OCH3 is 1. The van der Waals surface area contributed by atoms with Gasteiger partial charge >= 0.3 is 5.97 Å². The van der Waals surface area contributed by atoms with E-state index in [9.17, 15) is 14.7 Å². The molecule has 14 heavy (non-hydrogen) atoms. The minimum atomic E-state index is -1.32. The largest absolute Gasteiger partial charge is 0.506 e. The van der Waals surface area contributed by atoms with Crippen molar-refractivity contribution >= 4 is 12.3 Å². The van der Waals surface area contributed by atoms with Gasteiger partial charge in [-0.15, -0.1) is 0 Å². The Morgan fingerprint density at radius 2 is 2.14 bits per heavy atom. The number of carboxylic acids is 1. The standard InChI is InChI=1S/C9H8O5/c1-14-6-2-5(4-10)8(11)7(3-6)9(12)13/h2-4,11H,1H3,(H,12,13). The van der Waals surface area contributed by atoms with Gasteiger partial charge in [0, 0.05) is 0 Å². The van der Waals surface area contributed by atoms with Gasteiger partial charge in [0.25, 0.3) is 0 Å². The molecule has 0 aliphatic heterocycles. The second-order valence-corrected chi connectivity index (χ2v) is 2.54. The Kier molecular flexibility index (Phi) is 2.71. The van der Waals surface area contributed by atoms with Gasteiger partial charge in [0.15, 0.2) is 6.29 Å². The fourth-order valence-electron chi connectivity index (χ4n) is 1.00. The zero-order valence-corrected chi connectivity index (χ0v) is 7.35. The van der Waals surface area contributed by atoms with E-state index in [0.717, 1.165) is 6.07 Å². The van der Waals surface area contributed by atoms with Gasteiger partial charge in [-0.05, 0) is 12.1 Å². The minimum absolute atomic E-state index is 0.109. The van der Waals surface area contributed by atoms with Crippen molar-refractivity contribution in [2.45, 2.75) is 0 Å². The summed E-state index contributed by atoms with van der Waals surface area (Å²) in [4.78, 5) is 21.1. The van der Waals surface area contributed by atoms with Crippen LogP contribution in [0.3, 0.4) is 0 Å². The third kappa shape index (κ3) is 1.66. The van der Waals surface area contributed by atoms with Crippen LogP contribution >= 0.6 is 0 Å². The molecule has 5 heteroatoms. The van der Waals surface area contributed by atoms with Gasteiger partial charge in [0.1, 0.15) is 17.1 Å². The highest BCUT2D eigenvalue weighted by Gasteiger charge is 2.15. The normalized spacial score (nSPS) is 9.50. The van der Waals surface area contributed by atoms with Crippen LogP contribution in [0.2, 0.25) is 0 Å². The Morgan fingerprint density at radius 3 is 2.57 bits per heavy atom. The van der Waals surface area contributed by atoms with E-state index >= 15 is 0 Å². The maximum Gasteiger partial charge on any atom is 0.339 e. The summed E-state index contributed by atoms with van der Waals surface area (Å²) < 4.78 is 4.77. The molecule has 0 aromatic heterocycles. The maximum atomic E-state index is 10.6. The van der Waals surface area contributed by atoms with E-state index in [0.29, 0.717) is 6.29 Å². The molecular weight excluding hydrogens is 188 g/mol. The highest BCUT2D eigenvalue weighted by molar-refractivity contribution is 5.95. The molecule has 0 radical (unpaired) electrons. The molecule has 1 aromatic rings. The molecule has 0 bridgehead atoms. The number of benzene rings is 1. The average molecular weight is 196 g/mol. The molecule has 0 spiro atoms. The van der Waals surface area contributed by atoms with Crippen molar-refractivity contribution in [2.24, 2.45) is 0 Å². The number of carbonyl (C=O) groups excluding carboxylic acids is 1. The number of hydrogen-bond acceptors (Lipinski definition) is 4. The molecule has 1 rings (SSSR count). The fourth-order valence-corrected chi connectivity index (χ4v) is 1.00. The van der Waals surface area contributed by atoms with Crippen LogP contribution in [0.25, 0.3) is 0 Å².